The Bertz CT molecular complexity index is 1200. The Kier molecular flexibility index (Phi) is 4.90. The van der Waals surface area contributed by atoms with Gasteiger partial charge in [-0.05, 0) is 29.8 Å². The van der Waals surface area contributed by atoms with E-state index in [9.17, 15) is 13.2 Å². The fraction of sp³-hybridized carbons (Fsp3) is 0.150. The number of imidazole rings is 1. The van der Waals surface area contributed by atoms with Gasteiger partial charge in [0.05, 0.1) is 16.6 Å². The van der Waals surface area contributed by atoms with E-state index >= 15 is 0 Å². The SMILES string of the molecule is Cn1c(Nc2cc(NCc3cccc(C(F)(F)F)c3)nc(N)n2)nc2ccccc21. The molecule has 0 bridgehead atoms. The molecule has 4 aromatic rings. The van der Waals surface area contributed by atoms with Crippen molar-refractivity contribution in [3.8, 4) is 0 Å². The normalized spacial score (nSPS) is 11.6. The third-order valence-electron chi connectivity index (χ3n) is 4.50. The first-order valence-corrected chi connectivity index (χ1v) is 9.02. The molecule has 4 N–H and O–H groups in total. The van der Waals surface area contributed by atoms with Crippen molar-refractivity contribution in [3.63, 3.8) is 0 Å². The molecule has 154 valence electrons. The molecule has 2 aromatic heterocycles. The molecule has 0 spiro atoms. The summed E-state index contributed by atoms with van der Waals surface area (Å²) in [5.41, 5.74) is 7.34. The van der Waals surface area contributed by atoms with Gasteiger partial charge < -0.3 is 20.9 Å². The van der Waals surface area contributed by atoms with Crippen molar-refractivity contribution in [1.29, 1.82) is 0 Å². The molecule has 0 saturated heterocycles. The van der Waals surface area contributed by atoms with Crippen LogP contribution in [-0.4, -0.2) is 19.5 Å². The lowest BCUT2D eigenvalue weighted by Crippen LogP contribution is -2.09. The van der Waals surface area contributed by atoms with E-state index in [0.29, 0.717) is 23.1 Å². The number of rotatable bonds is 5. The Morgan fingerprint density at radius 2 is 1.73 bits per heavy atom. The first kappa shape index (κ1) is 19.5. The van der Waals surface area contributed by atoms with Crippen LogP contribution >= 0.6 is 0 Å². The standard InChI is InChI=1S/C20H18F3N7/c1-30-15-8-3-2-7-14(15)26-19(30)29-17-10-16(27-18(24)28-17)25-11-12-5-4-6-13(9-12)20(21,22)23/h2-10H,11H2,1H3,(H4,24,25,26,27,28,29). The highest BCUT2D eigenvalue weighted by Crippen LogP contribution is 2.29. The largest absolute Gasteiger partial charge is 0.416 e. The van der Waals surface area contributed by atoms with Crippen LogP contribution in [0.15, 0.2) is 54.6 Å². The summed E-state index contributed by atoms with van der Waals surface area (Å²) in [6.07, 6.45) is -4.39. The van der Waals surface area contributed by atoms with Crippen molar-refractivity contribution in [1.82, 2.24) is 19.5 Å². The molecule has 0 unspecified atom stereocenters. The first-order chi connectivity index (χ1) is 14.3. The lowest BCUT2D eigenvalue weighted by Gasteiger charge is -2.11. The molecule has 0 radical (unpaired) electrons. The van der Waals surface area contributed by atoms with Crippen LogP contribution in [0.1, 0.15) is 11.1 Å². The van der Waals surface area contributed by atoms with Crippen molar-refractivity contribution < 1.29 is 13.2 Å². The molecule has 2 heterocycles. The van der Waals surface area contributed by atoms with E-state index in [0.717, 1.165) is 23.2 Å². The molecule has 0 aliphatic carbocycles. The van der Waals surface area contributed by atoms with E-state index < -0.39 is 11.7 Å². The molecule has 0 atom stereocenters. The number of hydrogen-bond acceptors (Lipinski definition) is 6. The van der Waals surface area contributed by atoms with Crippen molar-refractivity contribution in [2.75, 3.05) is 16.4 Å². The third kappa shape index (κ3) is 4.12. The summed E-state index contributed by atoms with van der Waals surface area (Å²) in [5.74, 6) is 1.37. The van der Waals surface area contributed by atoms with E-state index in [4.69, 9.17) is 5.73 Å². The summed E-state index contributed by atoms with van der Waals surface area (Å²) >= 11 is 0. The molecular weight excluding hydrogens is 395 g/mol. The molecule has 0 amide bonds. The molecular formula is C20H18F3N7. The quantitative estimate of drug-likeness (QED) is 0.451. The van der Waals surface area contributed by atoms with Gasteiger partial charge in [0, 0.05) is 19.7 Å². The number of nitrogens with zero attached hydrogens (tertiary/aromatic N) is 4. The van der Waals surface area contributed by atoms with Crippen molar-refractivity contribution in [2.45, 2.75) is 12.7 Å². The lowest BCUT2D eigenvalue weighted by atomic mass is 10.1. The highest BCUT2D eigenvalue weighted by molar-refractivity contribution is 5.79. The maximum absolute atomic E-state index is 12.9. The number of nitrogens with one attached hydrogen (secondary N) is 2. The van der Waals surface area contributed by atoms with Gasteiger partial charge in [-0.2, -0.15) is 23.1 Å². The van der Waals surface area contributed by atoms with Crippen molar-refractivity contribution >= 4 is 34.6 Å². The van der Waals surface area contributed by atoms with Gasteiger partial charge in [0.1, 0.15) is 11.6 Å². The molecule has 4 rings (SSSR count). The van der Waals surface area contributed by atoms with Gasteiger partial charge in [-0.3, -0.25) is 0 Å². The van der Waals surface area contributed by atoms with E-state index in [-0.39, 0.29) is 12.5 Å². The van der Waals surface area contributed by atoms with Gasteiger partial charge in [-0.1, -0.05) is 24.3 Å². The zero-order valence-corrected chi connectivity index (χ0v) is 15.9. The lowest BCUT2D eigenvalue weighted by molar-refractivity contribution is -0.137. The zero-order valence-electron chi connectivity index (χ0n) is 15.9. The Balaban J connectivity index is 1.53. The first-order valence-electron chi connectivity index (χ1n) is 9.02. The zero-order chi connectivity index (χ0) is 21.3. The van der Waals surface area contributed by atoms with Gasteiger partial charge in [0.2, 0.25) is 11.9 Å². The highest BCUT2D eigenvalue weighted by Gasteiger charge is 2.30. The minimum Gasteiger partial charge on any atom is -0.368 e. The van der Waals surface area contributed by atoms with Crippen LogP contribution in [0.2, 0.25) is 0 Å². The topological polar surface area (TPSA) is 93.7 Å². The number of hydrogen-bond donors (Lipinski definition) is 3. The smallest absolute Gasteiger partial charge is 0.368 e. The van der Waals surface area contributed by atoms with Crippen LogP contribution in [0.4, 0.5) is 36.7 Å². The van der Waals surface area contributed by atoms with Gasteiger partial charge in [-0.15, -0.1) is 0 Å². The molecule has 30 heavy (non-hydrogen) atoms. The van der Waals surface area contributed by atoms with Crippen LogP contribution in [0.5, 0.6) is 0 Å². The number of aryl methyl sites for hydroxylation is 1. The van der Waals surface area contributed by atoms with Crippen LogP contribution in [0.25, 0.3) is 11.0 Å². The Morgan fingerprint density at radius 1 is 0.967 bits per heavy atom. The molecule has 0 fully saturated rings. The van der Waals surface area contributed by atoms with Gasteiger partial charge in [0.25, 0.3) is 0 Å². The van der Waals surface area contributed by atoms with Crippen LogP contribution in [0, 0.1) is 0 Å². The number of halogens is 3. The Morgan fingerprint density at radius 3 is 2.50 bits per heavy atom. The highest BCUT2D eigenvalue weighted by atomic mass is 19.4. The van der Waals surface area contributed by atoms with Gasteiger partial charge >= 0.3 is 6.18 Å². The van der Waals surface area contributed by atoms with E-state index in [2.05, 4.69) is 25.6 Å². The second-order valence-corrected chi connectivity index (χ2v) is 6.66. The predicted molar refractivity (Wildman–Crippen MR) is 109 cm³/mol. The van der Waals surface area contributed by atoms with E-state index in [1.54, 1.807) is 12.1 Å². The number of benzene rings is 2. The molecule has 2 aromatic carbocycles. The Labute approximate surface area is 169 Å². The van der Waals surface area contributed by atoms with Crippen LogP contribution in [0.3, 0.4) is 0 Å². The second-order valence-electron chi connectivity index (χ2n) is 6.66. The second kappa shape index (κ2) is 7.54. The summed E-state index contributed by atoms with van der Waals surface area (Å²) in [6.45, 7) is 0.145. The summed E-state index contributed by atoms with van der Waals surface area (Å²) in [4.78, 5) is 12.8. The fourth-order valence-electron chi connectivity index (χ4n) is 3.04. The van der Waals surface area contributed by atoms with Gasteiger partial charge in [-0.25, -0.2) is 4.98 Å². The minimum absolute atomic E-state index is 0.0188. The average molecular weight is 413 g/mol. The number of para-hydroxylation sites is 2. The molecule has 0 aliphatic rings. The number of nitrogens with two attached hydrogens (primary N) is 1. The summed E-state index contributed by atoms with van der Waals surface area (Å²) < 4.78 is 40.5. The van der Waals surface area contributed by atoms with Crippen molar-refractivity contribution in [2.24, 2.45) is 7.05 Å². The van der Waals surface area contributed by atoms with Crippen molar-refractivity contribution in [3.05, 3.63) is 65.7 Å². The summed E-state index contributed by atoms with van der Waals surface area (Å²) in [7, 11) is 1.87. The van der Waals surface area contributed by atoms with Crippen LogP contribution < -0.4 is 16.4 Å². The maximum atomic E-state index is 12.9. The minimum atomic E-state index is -4.39. The maximum Gasteiger partial charge on any atom is 0.416 e. The Hall–Kier alpha value is -3.82. The number of anilines is 4. The number of fused-ring (bicyclic) bond motifs is 1. The molecule has 7 nitrogen and oxygen atoms in total. The summed E-state index contributed by atoms with van der Waals surface area (Å²) in [5, 5.41) is 6.08. The number of aromatic nitrogens is 4. The predicted octanol–water partition coefficient (Wildman–Crippen LogP) is 4.32. The molecule has 10 heteroatoms. The average Bonchev–Trinajstić information content (AvgIpc) is 3.01. The van der Waals surface area contributed by atoms with Gasteiger partial charge in [0.15, 0.2) is 0 Å². The fourth-order valence-corrected chi connectivity index (χ4v) is 3.04. The monoisotopic (exact) mass is 413 g/mol. The number of nitrogen functional groups attached to an aromatic ring is 1. The van der Waals surface area contributed by atoms with Crippen LogP contribution in [-0.2, 0) is 19.8 Å². The van der Waals surface area contributed by atoms with E-state index in [1.165, 1.54) is 6.07 Å². The van der Waals surface area contributed by atoms with E-state index in [1.807, 2.05) is 35.9 Å². The molecule has 0 saturated carbocycles. The summed E-state index contributed by atoms with van der Waals surface area (Å²) in [6, 6.07) is 14.4. The molecule has 0 aliphatic heterocycles. The third-order valence-corrected chi connectivity index (χ3v) is 4.50. The number of alkyl halides is 3.